The molecule has 5 nitrogen and oxygen atoms in total. The molecular weight excluding hydrogens is 308 g/mol. The maximum absolute atomic E-state index is 12.2. The van der Waals surface area contributed by atoms with Gasteiger partial charge in [0.1, 0.15) is 5.60 Å². The Bertz CT molecular complexity index is 605. The molecule has 1 unspecified atom stereocenters. The molecule has 0 fully saturated rings. The van der Waals surface area contributed by atoms with E-state index in [4.69, 9.17) is 9.47 Å². The molecule has 0 heterocycles. The van der Waals surface area contributed by atoms with E-state index in [-0.39, 0.29) is 18.8 Å². The summed E-state index contributed by atoms with van der Waals surface area (Å²) >= 11 is 0. The van der Waals surface area contributed by atoms with E-state index in [1.807, 2.05) is 32.0 Å². The number of carbonyl (C=O) groups excluding carboxylic acids is 3. The van der Waals surface area contributed by atoms with E-state index >= 15 is 0 Å². The van der Waals surface area contributed by atoms with Crippen LogP contribution in [0.2, 0.25) is 0 Å². The van der Waals surface area contributed by atoms with E-state index in [1.165, 1.54) is 0 Å². The van der Waals surface area contributed by atoms with Gasteiger partial charge in [-0.05, 0) is 45.7 Å². The number of hydrogen-bond acceptors (Lipinski definition) is 5. The van der Waals surface area contributed by atoms with Crippen LogP contribution in [0.1, 0.15) is 55.6 Å². The zero-order valence-electron chi connectivity index (χ0n) is 15.3. The van der Waals surface area contributed by atoms with Gasteiger partial charge >= 0.3 is 11.9 Å². The third-order valence-electron chi connectivity index (χ3n) is 3.47. The van der Waals surface area contributed by atoms with Gasteiger partial charge in [-0.2, -0.15) is 0 Å². The zero-order chi connectivity index (χ0) is 18.5. The van der Waals surface area contributed by atoms with Gasteiger partial charge in [-0.15, -0.1) is 0 Å². The number of Topliss-reactive ketones (excluding diaryl/α,β-unsaturated/α-hetero) is 1. The lowest BCUT2D eigenvalue weighted by atomic mass is 10.0. The monoisotopic (exact) mass is 334 g/mol. The van der Waals surface area contributed by atoms with Crippen LogP contribution in [-0.2, 0) is 19.1 Å². The number of benzene rings is 1. The van der Waals surface area contributed by atoms with Crippen LogP contribution in [0.25, 0.3) is 0 Å². The molecular formula is C19H26O5. The van der Waals surface area contributed by atoms with Crippen molar-refractivity contribution in [2.24, 2.45) is 5.92 Å². The Morgan fingerprint density at radius 1 is 1.08 bits per heavy atom. The predicted molar refractivity (Wildman–Crippen MR) is 90.8 cm³/mol. The Morgan fingerprint density at radius 3 is 2.12 bits per heavy atom. The molecule has 1 aromatic rings. The molecule has 0 spiro atoms. The van der Waals surface area contributed by atoms with Crippen molar-refractivity contribution in [2.75, 3.05) is 6.61 Å². The van der Waals surface area contributed by atoms with Crippen molar-refractivity contribution < 1.29 is 23.9 Å². The van der Waals surface area contributed by atoms with Gasteiger partial charge < -0.3 is 9.47 Å². The van der Waals surface area contributed by atoms with E-state index < -0.39 is 23.5 Å². The summed E-state index contributed by atoms with van der Waals surface area (Å²) in [7, 11) is 0. The first kappa shape index (κ1) is 19.9. The molecule has 0 saturated carbocycles. The maximum atomic E-state index is 12.2. The molecule has 0 amide bonds. The van der Waals surface area contributed by atoms with Crippen LogP contribution in [0.5, 0.6) is 0 Å². The molecule has 0 N–H and O–H groups in total. The van der Waals surface area contributed by atoms with Gasteiger partial charge in [0.25, 0.3) is 0 Å². The smallest absolute Gasteiger partial charge is 0.339 e. The molecule has 0 aromatic heterocycles. The largest absolute Gasteiger partial charge is 0.460 e. The number of carbonyl (C=O) groups is 3. The number of hydrogen-bond donors (Lipinski definition) is 0. The summed E-state index contributed by atoms with van der Waals surface area (Å²) in [6.45, 7) is 10.2. The quantitative estimate of drug-likeness (QED) is 0.746. The molecule has 0 aliphatic heterocycles. The van der Waals surface area contributed by atoms with Crippen molar-refractivity contribution in [1.82, 2.24) is 0 Å². The SMILES string of the molecule is Cc1cccc(C)c1C(=O)OCC(=O)C(C)CC(=O)OC(C)(C)C. The van der Waals surface area contributed by atoms with E-state index in [9.17, 15) is 14.4 Å². The van der Waals surface area contributed by atoms with Gasteiger partial charge in [-0.3, -0.25) is 9.59 Å². The molecule has 1 rings (SSSR count). The highest BCUT2D eigenvalue weighted by molar-refractivity contribution is 5.95. The van der Waals surface area contributed by atoms with Crippen molar-refractivity contribution >= 4 is 17.7 Å². The minimum absolute atomic E-state index is 0.0307. The molecule has 0 aliphatic rings. The van der Waals surface area contributed by atoms with Crippen molar-refractivity contribution in [3.8, 4) is 0 Å². The molecule has 24 heavy (non-hydrogen) atoms. The number of esters is 2. The summed E-state index contributed by atoms with van der Waals surface area (Å²) < 4.78 is 10.3. The fraction of sp³-hybridized carbons (Fsp3) is 0.526. The highest BCUT2D eigenvalue weighted by Gasteiger charge is 2.23. The fourth-order valence-corrected chi connectivity index (χ4v) is 2.23. The van der Waals surface area contributed by atoms with E-state index in [2.05, 4.69) is 0 Å². The first-order chi connectivity index (χ1) is 11.0. The minimum Gasteiger partial charge on any atom is -0.460 e. The summed E-state index contributed by atoms with van der Waals surface area (Å²) in [5, 5.41) is 0. The van der Waals surface area contributed by atoms with Crippen molar-refractivity contribution in [2.45, 2.75) is 53.6 Å². The molecule has 0 saturated heterocycles. The summed E-state index contributed by atoms with van der Waals surface area (Å²) in [5.74, 6) is -1.83. The second-order valence-corrected chi connectivity index (χ2v) is 7.00. The molecule has 132 valence electrons. The minimum atomic E-state index is -0.589. The van der Waals surface area contributed by atoms with Crippen LogP contribution in [0.15, 0.2) is 18.2 Å². The normalized spacial score (nSPS) is 12.4. The molecule has 1 aromatic carbocycles. The molecule has 1 atom stereocenters. The van der Waals surface area contributed by atoms with Crippen LogP contribution in [0.3, 0.4) is 0 Å². The van der Waals surface area contributed by atoms with Gasteiger partial charge in [0, 0.05) is 5.92 Å². The Balaban J connectivity index is 2.56. The van der Waals surface area contributed by atoms with Gasteiger partial charge in [0.2, 0.25) is 0 Å². The lowest BCUT2D eigenvalue weighted by molar-refractivity contribution is -0.157. The average Bonchev–Trinajstić information content (AvgIpc) is 2.42. The highest BCUT2D eigenvalue weighted by atomic mass is 16.6. The summed E-state index contributed by atoms with van der Waals surface area (Å²) in [6.07, 6.45) is -0.0307. The van der Waals surface area contributed by atoms with Gasteiger partial charge in [-0.1, -0.05) is 25.1 Å². The van der Waals surface area contributed by atoms with Crippen molar-refractivity contribution in [3.05, 3.63) is 34.9 Å². The molecule has 0 bridgehead atoms. The highest BCUT2D eigenvalue weighted by Crippen LogP contribution is 2.16. The third kappa shape index (κ3) is 6.14. The van der Waals surface area contributed by atoms with E-state index in [0.717, 1.165) is 11.1 Å². The molecule has 0 aliphatic carbocycles. The Hall–Kier alpha value is -2.17. The number of aryl methyl sites for hydroxylation is 2. The lowest BCUT2D eigenvalue weighted by Crippen LogP contribution is -2.28. The Kier molecular flexibility index (Phi) is 6.70. The van der Waals surface area contributed by atoms with Crippen LogP contribution in [0, 0.1) is 19.8 Å². The van der Waals surface area contributed by atoms with Crippen LogP contribution in [-0.4, -0.2) is 29.9 Å². The van der Waals surface area contributed by atoms with Crippen molar-refractivity contribution in [3.63, 3.8) is 0 Å². The predicted octanol–water partition coefficient (Wildman–Crippen LogP) is 3.40. The molecule has 5 heteroatoms. The summed E-state index contributed by atoms with van der Waals surface area (Å²) in [6, 6.07) is 5.49. The van der Waals surface area contributed by atoms with Crippen molar-refractivity contribution in [1.29, 1.82) is 0 Å². The third-order valence-corrected chi connectivity index (χ3v) is 3.47. The first-order valence-corrected chi connectivity index (χ1v) is 7.99. The average molecular weight is 334 g/mol. The topological polar surface area (TPSA) is 69.7 Å². The van der Waals surface area contributed by atoms with Crippen LogP contribution >= 0.6 is 0 Å². The second-order valence-electron chi connectivity index (χ2n) is 7.00. The van der Waals surface area contributed by atoms with Crippen LogP contribution < -0.4 is 0 Å². The molecule has 0 radical (unpaired) electrons. The summed E-state index contributed by atoms with van der Waals surface area (Å²) in [4.78, 5) is 36.0. The second kappa shape index (κ2) is 8.08. The van der Waals surface area contributed by atoms with E-state index in [0.29, 0.717) is 5.56 Å². The van der Waals surface area contributed by atoms with Gasteiger partial charge in [-0.25, -0.2) is 4.79 Å². The first-order valence-electron chi connectivity index (χ1n) is 7.99. The summed E-state index contributed by atoms with van der Waals surface area (Å²) in [5.41, 5.74) is 1.49. The fourth-order valence-electron chi connectivity index (χ4n) is 2.23. The Morgan fingerprint density at radius 2 is 1.62 bits per heavy atom. The number of ether oxygens (including phenoxy) is 2. The van der Waals surface area contributed by atoms with E-state index in [1.54, 1.807) is 27.7 Å². The van der Waals surface area contributed by atoms with Gasteiger partial charge in [0.05, 0.1) is 12.0 Å². The number of ketones is 1. The zero-order valence-corrected chi connectivity index (χ0v) is 15.3. The lowest BCUT2D eigenvalue weighted by Gasteiger charge is -2.20. The Labute approximate surface area is 143 Å². The number of rotatable bonds is 6. The van der Waals surface area contributed by atoms with Crippen LogP contribution in [0.4, 0.5) is 0 Å². The standard InChI is InChI=1S/C19H26O5/c1-12-8-7-9-13(2)17(12)18(22)23-11-15(20)14(3)10-16(21)24-19(4,5)6/h7-9,14H,10-11H2,1-6H3. The maximum Gasteiger partial charge on any atom is 0.339 e. The van der Waals surface area contributed by atoms with Gasteiger partial charge in [0.15, 0.2) is 12.4 Å².